The molecule has 5 rings (SSSR count). The van der Waals surface area contributed by atoms with Gasteiger partial charge in [0.05, 0.1) is 0 Å². The molecule has 0 aromatic heterocycles. The summed E-state index contributed by atoms with van der Waals surface area (Å²) in [7, 11) is 0. The number of ether oxygens (including phenoxy) is 2. The smallest absolute Gasteiger partial charge is 0.254 e. The summed E-state index contributed by atoms with van der Waals surface area (Å²) in [6.07, 6.45) is 4.18. The highest BCUT2D eigenvalue weighted by Crippen LogP contribution is 2.49. The van der Waals surface area contributed by atoms with E-state index in [0.717, 1.165) is 55.2 Å². The molecule has 0 N–H and O–H groups in total. The first-order valence-corrected chi connectivity index (χ1v) is 9.72. The van der Waals surface area contributed by atoms with E-state index < -0.39 is 11.6 Å². The van der Waals surface area contributed by atoms with Crippen LogP contribution in [0.4, 0.5) is 8.78 Å². The highest BCUT2D eigenvalue weighted by Gasteiger charge is 2.44. The first-order chi connectivity index (χ1) is 13.5. The molecule has 6 heteroatoms. The van der Waals surface area contributed by atoms with Gasteiger partial charge in [0.2, 0.25) is 0 Å². The van der Waals surface area contributed by atoms with E-state index >= 15 is 0 Å². The number of benzene rings is 2. The second kappa shape index (κ2) is 6.47. The van der Waals surface area contributed by atoms with Crippen LogP contribution in [0.3, 0.4) is 0 Å². The molecular formula is C22H21F2NO3. The summed E-state index contributed by atoms with van der Waals surface area (Å²) in [5.74, 6) is -0.357. The lowest BCUT2D eigenvalue weighted by Gasteiger charge is -2.43. The summed E-state index contributed by atoms with van der Waals surface area (Å²) in [5.41, 5.74) is 2.17. The molecule has 0 bridgehead atoms. The fourth-order valence-electron chi connectivity index (χ4n) is 4.95. The van der Waals surface area contributed by atoms with Gasteiger partial charge in [0.1, 0.15) is 24.8 Å². The number of carbonyl (C=O) groups is 1. The van der Waals surface area contributed by atoms with Gasteiger partial charge >= 0.3 is 0 Å². The molecule has 1 saturated carbocycles. The van der Waals surface area contributed by atoms with Gasteiger partial charge in [0.25, 0.3) is 5.91 Å². The highest BCUT2D eigenvalue weighted by atomic mass is 19.1. The molecule has 0 unspecified atom stereocenters. The van der Waals surface area contributed by atoms with Crippen LogP contribution >= 0.6 is 0 Å². The van der Waals surface area contributed by atoms with Crippen molar-refractivity contribution in [2.75, 3.05) is 19.8 Å². The molecule has 1 amide bonds. The second-order valence-corrected chi connectivity index (χ2v) is 7.96. The zero-order valence-electron chi connectivity index (χ0n) is 15.5. The first-order valence-electron chi connectivity index (χ1n) is 9.72. The molecular weight excluding hydrogens is 364 g/mol. The van der Waals surface area contributed by atoms with E-state index in [0.29, 0.717) is 32.1 Å². The lowest BCUT2D eigenvalue weighted by molar-refractivity contribution is 0.0668. The third kappa shape index (κ3) is 2.82. The summed E-state index contributed by atoms with van der Waals surface area (Å²) in [4.78, 5) is 14.8. The molecule has 0 saturated heterocycles. The van der Waals surface area contributed by atoms with E-state index in [1.54, 1.807) is 4.90 Å². The zero-order valence-corrected chi connectivity index (χ0v) is 15.5. The molecule has 2 aromatic rings. The van der Waals surface area contributed by atoms with Crippen molar-refractivity contribution in [3.8, 4) is 11.5 Å². The van der Waals surface area contributed by atoms with Crippen LogP contribution in [0.5, 0.6) is 11.5 Å². The van der Waals surface area contributed by atoms with Crippen molar-refractivity contribution in [1.82, 2.24) is 4.90 Å². The number of amides is 1. The molecule has 1 aliphatic carbocycles. The number of halogens is 2. The van der Waals surface area contributed by atoms with Crippen LogP contribution in [0.1, 0.15) is 47.2 Å². The summed E-state index contributed by atoms with van der Waals surface area (Å²) in [6, 6.07) is 7.04. The summed E-state index contributed by atoms with van der Waals surface area (Å²) in [5, 5.41) is 0. The van der Waals surface area contributed by atoms with Crippen LogP contribution in [0.25, 0.3) is 0 Å². The molecule has 1 fully saturated rings. The van der Waals surface area contributed by atoms with Gasteiger partial charge in [-0.3, -0.25) is 4.79 Å². The molecule has 2 aliphatic heterocycles. The lowest BCUT2D eigenvalue weighted by Crippen LogP contribution is -2.47. The molecule has 3 aliphatic rings. The molecule has 0 radical (unpaired) electrons. The molecule has 28 heavy (non-hydrogen) atoms. The van der Waals surface area contributed by atoms with E-state index in [2.05, 4.69) is 6.07 Å². The van der Waals surface area contributed by atoms with Crippen LogP contribution in [0.2, 0.25) is 0 Å². The van der Waals surface area contributed by atoms with Gasteiger partial charge in [-0.25, -0.2) is 8.78 Å². The number of fused-ring (bicyclic) bond motifs is 3. The topological polar surface area (TPSA) is 38.8 Å². The third-order valence-electron chi connectivity index (χ3n) is 6.15. The van der Waals surface area contributed by atoms with Crippen molar-refractivity contribution in [3.05, 3.63) is 58.7 Å². The van der Waals surface area contributed by atoms with Crippen molar-refractivity contribution in [2.24, 2.45) is 0 Å². The van der Waals surface area contributed by atoms with Crippen molar-refractivity contribution in [2.45, 2.75) is 37.6 Å². The van der Waals surface area contributed by atoms with Crippen molar-refractivity contribution in [1.29, 1.82) is 0 Å². The fraction of sp³-hybridized carbons (Fsp3) is 0.409. The maximum absolute atomic E-state index is 13.6. The first kappa shape index (κ1) is 17.5. The van der Waals surface area contributed by atoms with Crippen molar-refractivity contribution < 1.29 is 23.0 Å². The predicted octanol–water partition coefficient (Wildman–Crippen LogP) is 4.20. The Morgan fingerprint density at radius 3 is 2.25 bits per heavy atom. The summed E-state index contributed by atoms with van der Waals surface area (Å²) in [6.45, 7) is 1.98. The Morgan fingerprint density at radius 1 is 0.929 bits per heavy atom. The number of hydrogen-bond acceptors (Lipinski definition) is 3. The van der Waals surface area contributed by atoms with E-state index in [-0.39, 0.29) is 16.9 Å². The minimum Gasteiger partial charge on any atom is -0.486 e. The quantitative estimate of drug-likeness (QED) is 0.738. The molecule has 2 aromatic carbocycles. The molecule has 2 heterocycles. The second-order valence-electron chi connectivity index (χ2n) is 7.96. The number of nitrogens with zero attached hydrogens (tertiary/aromatic N) is 1. The summed E-state index contributed by atoms with van der Waals surface area (Å²) < 4.78 is 38.8. The van der Waals surface area contributed by atoms with Crippen molar-refractivity contribution in [3.63, 3.8) is 0 Å². The minimum atomic E-state index is -0.740. The predicted molar refractivity (Wildman–Crippen MR) is 98.7 cm³/mol. The Bertz CT molecular complexity index is 933. The maximum atomic E-state index is 13.6. The van der Waals surface area contributed by atoms with Gasteiger partial charge in [-0.05, 0) is 48.2 Å². The van der Waals surface area contributed by atoms with Crippen LogP contribution in [0.15, 0.2) is 30.3 Å². The summed E-state index contributed by atoms with van der Waals surface area (Å²) >= 11 is 0. The third-order valence-corrected chi connectivity index (χ3v) is 6.15. The molecule has 146 valence electrons. The van der Waals surface area contributed by atoms with Gasteiger partial charge in [-0.15, -0.1) is 0 Å². The van der Waals surface area contributed by atoms with E-state index in [9.17, 15) is 13.6 Å². The van der Waals surface area contributed by atoms with E-state index in [1.807, 2.05) is 6.07 Å². The maximum Gasteiger partial charge on any atom is 0.254 e. The Morgan fingerprint density at radius 2 is 1.57 bits per heavy atom. The van der Waals surface area contributed by atoms with Crippen LogP contribution in [-0.2, 0) is 12.0 Å². The Balaban J connectivity index is 1.55. The van der Waals surface area contributed by atoms with Gasteiger partial charge in [-0.2, -0.15) is 0 Å². The van der Waals surface area contributed by atoms with Gasteiger partial charge in [0, 0.05) is 30.1 Å². The highest BCUT2D eigenvalue weighted by molar-refractivity contribution is 5.94. The zero-order chi connectivity index (χ0) is 19.3. The minimum absolute atomic E-state index is 0.0478. The average Bonchev–Trinajstić information content (AvgIpc) is 3.14. The van der Waals surface area contributed by atoms with Gasteiger partial charge in [-0.1, -0.05) is 12.8 Å². The van der Waals surface area contributed by atoms with Gasteiger partial charge < -0.3 is 14.4 Å². The normalized spacial score (nSPS) is 19.6. The Hall–Kier alpha value is -2.63. The number of carbonyl (C=O) groups excluding carboxylic acids is 1. The van der Waals surface area contributed by atoms with Crippen LogP contribution < -0.4 is 9.47 Å². The Kier molecular flexibility index (Phi) is 4.03. The average molecular weight is 385 g/mol. The molecule has 0 atom stereocenters. The molecule has 1 spiro atoms. The standard InChI is InChI=1S/C22H21F2NO3/c23-16-7-14(8-17(24)10-16)21(26)25-12-15-9-19-20(28-6-5-27-19)11-18(15)22(13-25)3-1-2-4-22/h7-11H,1-6,12-13H2. The fourth-order valence-corrected chi connectivity index (χ4v) is 4.95. The van der Waals surface area contributed by atoms with E-state index in [4.69, 9.17) is 9.47 Å². The van der Waals surface area contributed by atoms with Crippen LogP contribution in [0, 0.1) is 11.6 Å². The number of rotatable bonds is 1. The Labute approximate surface area is 162 Å². The van der Waals surface area contributed by atoms with E-state index in [1.165, 1.54) is 5.56 Å². The number of hydrogen-bond donors (Lipinski definition) is 0. The monoisotopic (exact) mass is 385 g/mol. The van der Waals surface area contributed by atoms with Crippen LogP contribution in [-0.4, -0.2) is 30.6 Å². The van der Waals surface area contributed by atoms with Crippen molar-refractivity contribution >= 4 is 5.91 Å². The largest absolute Gasteiger partial charge is 0.486 e. The van der Waals surface area contributed by atoms with Gasteiger partial charge in [0.15, 0.2) is 11.5 Å². The SMILES string of the molecule is O=C(c1cc(F)cc(F)c1)N1Cc2cc3c(cc2C2(CCCC2)C1)OCCO3. The lowest BCUT2D eigenvalue weighted by atomic mass is 9.73. The molecule has 4 nitrogen and oxygen atoms in total.